The molecule has 1 saturated heterocycles. The number of amides is 2. The van der Waals surface area contributed by atoms with Crippen LogP contribution in [0.3, 0.4) is 0 Å². The number of anilines is 1. The van der Waals surface area contributed by atoms with Gasteiger partial charge in [-0.2, -0.15) is 13.2 Å². The largest absolute Gasteiger partial charge is 0.511 e. The van der Waals surface area contributed by atoms with E-state index in [1.54, 1.807) is 29.0 Å². The van der Waals surface area contributed by atoms with E-state index in [2.05, 4.69) is 16.0 Å². The van der Waals surface area contributed by atoms with E-state index in [0.717, 1.165) is 0 Å². The van der Waals surface area contributed by atoms with Crippen LogP contribution in [0.4, 0.5) is 23.2 Å². The van der Waals surface area contributed by atoms with Crippen molar-refractivity contribution in [1.29, 1.82) is 0 Å². The number of hydrogen-bond donors (Lipinski definition) is 4. The van der Waals surface area contributed by atoms with Gasteiger partial charge >= 0.3 is 15.5 Å². The molecule has 0 aromatic heterocycles. The van der Waals surface area contributed by atoms with Gasteiger partial charge in [-0.1, -0.05) is 62.2 Å². The number of hydrogen-bond acceptors (Lipinski definition) is 5. The van der Waals surface area contributed by atoms with E-state index in [0.29, 0.717) is 22.7 Å². The van der Waals surface area contributed by atoms with Crippen LogP contribution in [0.25, 0.3) is 0 Å². The van der Waals surface area contributed by atoms with Crippen molar-refractivity contribution in [2.24, 2.45) is 5.41 Å². The zero-order chi connectivity index (χ0) is 33.1. The maximum Gasteiger partial charge on any atom is 0.511 e. The Bertz CT molecular complexity index is 1610. The molecule has 8 nitrogen and oxygen atoms in total. The fraction of sp³-hybridized carbons (Fsp3) is 0.533. The number of sulfonamides is 1. The van der Waals surface area contributed by atoms with Crippen LogP contribution in [0.5, 0.6) is 0 Å². The van der Waals surface area contributed by atoms with Gasteiger partial charge in [-0.3, -0.25) is 9.59 Å². The first-order valence-corrected chi connectivity index (χ1v) is 16.8. The summed E-state index contributed by atoms with van der Waals surface area (Å²) in [5, 5.41) is 9.44. The first-order valence-electron chi connectivity index (χ1n) is 14.6. The quantitative estimate of drug-likeness (QED) is 0.288. The lowest BCUT2D eigenvalue weighted by Crippen LogP contribution is -2.51. The molecule has 4 N–H and O–H groups in total. The molecule has 1 saturated carbocycles. The van der Waals surface area contributed by atoms with Crippen molar-refractivity contribution in [2.75, 3.05) is 5.32 Å². The first-order chi connectivity index (χ1) is 20.8. The summed E-state index contributed by atoms with van der Waals surface area (Å²) in [6.45, 7) is 5.98. The number of nitrogens with one attached hydrogen (secondary N) is 4. The standard InChI is InChI=1S/C30H34Cl2F4N4O4S/c1-28(2,3)14-22-29(19-12-7-15(31)13-21(19)38-27(29)42)23(18-5-4-6-20(32)24(18)33)25(39-22)26(41)37-16-8-10-17(11-9-16)40-45(43,44)30(34,35)36/h4-7,12-13,16-17,22-23,25,39-40H,8-11,14H2,1-3H3,(H,37,41)(H,38,42)/t16?,17?,22-,23+,25-,29+/m1/s1. The van der Waals surface area contributed by atoms with Gasteiger partial charge in [0.25, 0.3) is 0 Å². The van der Waals surface area contributed by atoms with Gasteiger partial charge in [0, 0.05) is 34.8 Å². The van der Waals surface area contributed by atoms with Gasteiger partial charge in [0.1, 0.15) is 11.2 Å². The Morgan fingerprint density at radius 3 is 2.31 bits per heavy atom. The molecule has 1 aliphatic carbocycles. The van der Waals surface area contributed by atoms with Gasteiger partial charge in [0.05, 0.1) is 11.1 Å². The molecule has 0 bridgehead atoms. The second-order valence-electron chi connectivity index (χ2n) is 13.2. The Morgan fingerprint density at radius 1 is 1.04 bits per heavy atom. The number of fused-ring (bicyclic) bond motifs is 2. The zero-order valence-electron chi connectivity index (χ0n) is 24.7. The average molecular weight is 694 g/mol. The summed E-state index contributed by atoms with van der Waals surface area (Å²) in [5.41, 5.74) is -6.08. The summed E-state index contributed by atoms with van der Waals surface area (Å²) < 4.78 is 79.3. The molecule has 4 atom stereocenters. The Labute approximate surface area is 269 Å². The average Bonchev–Trinajstić information content (AvgIpc) is 3.39. The highest BCUT2D eigenvalue weighted by atomic mass is 35.5. The zero-order valence-corrected chi connectivity index (χ0v) is 27.0. The molecule has 2 aliphatic heterocycles. The molecule has 2 amide bonds. The van der Waals surface area contributed by atoms with Crippen LogP contribution in [0.2, 0.25) is 10.0 Å². The summed E-state index contributed by atoms with van der Waals surface area (Å²) in [5.74, 6) is -2.75. The molecule has 45 heavy (non-hydrogen) atoms. The number of alkyl halides is 3. The van der Waals surface area contributed by atoms with Crippen molar-refractivity contribution in [3.8, 4) is 0 Å². The lowest BCUT2D eigenvalue weighted by Gasteiger charge is -2.38. The van der Waals surface area contributed by atoms with Crippen LogP contribution in [-0.4, -0.2) is 49.9 Å². The lowest BCUT2D eigenvalue weighted by atomic mass is 9.62. The van der Waals surface area contributed by atoms with E-state index in [1.807, 2.05) is 20.8 Å². The van der Waals surface area contributed by atoms with Crippen LogP contribution in [0.15, 0.2) is 36.4 Å². The summed E-state index contributed by atoms with van der Waals surface area (Å²) >= 11 is 12.5. The van der Waals surface area contributed by atoms with E-state index >= 15 is 4.39 Å². The minimum Gasteiger partial charge on any atom is -0.352 e. The van der Waals surface area contributed by atoms with Crippen molar-refractivity contribution in [3.05, 3.63) is 63.4 Å². The second-order valence-corrected chi connectivity index (χ2v) is 15.8. The van der Waals surface area contributed by atoms with Crippen LogP contribution >= 0.6 is 23.2 Å². The van der Waals surface area contributed by atoms with E-state index < -0.39 is 68.7 Å². The van der Waals surface area contributed by atoms with Gasteiger partial charge in [-0.05, 0) is 66.8 Å². The molecule has 2 heterocycles. The third-order valence-electron chi connectivity index (χ3n) is 8.92. The highest BCUT2D eigenvalue weighted by Crippen LogP contribution is 2.57. The molecule has 2 aromatic rings. The molecule has 246 valence electrons. The maximum atomic E-state index is 15.9. The van der Waals surface area contributed by atoms with Crippen molar-refractivity contribution in [3.63, 3.8) is 0 Å². The predicted octanol–water partition coefficient (Wildman–Crippen LogP) is 5.75. The minimum atomic E-state index is -5.50. The van der Waals surface area contributed by atoms with E-state index in [4.69, 9.17) is 23.2 Å². The molecule has 0 radical (unpaired) electrons. The van der Waals surface area contributed by atoms with Crippen molar-refractivity contribution >= 4 is 50.7 Å². The topological polar surface area (TPSA) is 116 Å². The second kappa shape index (κ2) is 12.0. The molecular weight excluding hydrogens is 659 g/mol. The Balaban J connectivity index is 1.50. The van der Waals surface area contributed by atoms with Crippen molar-refractivity contribution in [1.82, 2.24) is 15.4 Å². The van der Waals surface area contributed by atoms with Crippen LogP contribution in [0, 0.1) is 11.2 Å². The van der Waals surface area contributed by atoms with Gasteiger partial charge < -0.3 is 16.0 Å². The van der Waals surface area contributed by atoms with Gasteiger partial charge in [0.2, 0.25) is 11.8 Å². The van der Waals surface area contributed by atoms with E-state index in [-0.39, 0.29) is 41.7 Å². The van der Waals surface area contributed by atoms with Crippen LogP contribution in [0.1, 0.15) is 69.9 Å². The normalized spacial score (nSPS) is 28.6. The van der Waals surface area contributed by atoms with Gasteiger partial charge in [0.15, 0.2) is 0 Å². The fourth-order valence-corrected chi connectivity index (χ4v) is 8.25. The highest BCUT2D eigenvalue weighted by Gasteiger charge is 2.66. The molecule has 3 aliphatic rings. The van der Waals surface area contributed by atoms with Crippen molar-refractivity contribution in [2.45, 2.75) is 93.9 Å². The molecule has 1 spiro atoms. The monoisotopic (exact) mass is 692 g/mol. The Kier molecular flexibility index (Phi) is 9.02. The van der Waals surface area contributed by atoms with Crippen molar-refractivity contribution < 1.29 is 35.6 Å². The number of carbonyl (C=O) groups excluding carboxylic acids is 2. The molecule has 2 fully saturated rings. The lowest BCUT2D eigenvalue weighted by molar-refractivity contribution is -0.124. The number of rotatable bonds is 6. The summed E-state index contributed by atoms with van der Waals surface area (Å²) in [4.78, 5) is 28.3. The van der Waals surface area contributed by atoms with Crippen LogP contribution < -0.4 is 20.7 Å². The fourth-order valence-electron chi connectivity index (χ4n) is 7.09. The Morgan fingerprint density at radius 2 is 1.69 bits per heavy atom. The van der Waals surface area contributed by atoms with Crippen LogP contribution in [-0.2, 0) is 25.0 Å². The van der Waals surface area contributed by atoms with E-state index in [9.17, 15) is 31.2 Å². The summed E-state index contributed by atoms with van der Waals surface area (Å²) in [6, 6.07) is 6.24. The highest BCUT2D eigenvalue weighted by molar-refractivity contribution is 7.90. The maximum absolute atomic E-state index is 15.9. The third kappa shape index (κ3) is 6.30. The predicted molar refractivity (Wildman–Crippen MR) is 163 cm³/mol. The molecule has 5 rings (SSSR count). The number of halogens is 6. The molecule has 15 heteroatoms. The minimum absolute atomic E-state index is 0.0673. The SMILES string of the molecule is CC(C)(C)C[C@H]1N[C@@H](C(=O)NC2CCC(NS(=O)(=O)C(F)(F)F)CC2)[C@H](c2cccc(Cl)c2F)[C@@]12C(=O)Nc1cc(Cl)ccc12. The smallest absolute Gasteiger partial charge is 0.352 e. The van der Waals surface area contributed by atoms with Gasteiger partial charge in [-0.25, -0.2) is 17.5 Å². The molecule has 2 aromatic carbocycles. The number of carbonyl (C=O) groups is 2. The summed E-state index contributed by atoms with van der Waals surface area (Å²) in [7, 11) is -5.50. The first kappa shape index (κ1) is 33.9. The summed E-state index contributed by atoms with van der Waals surface area (Å²) in [6.07, 6.45) is 0.973. The van der Waals surface area contributed by atoms with Gasteiger partial charge in [-0.15, -0.1) is 0 Å². The molecular formula is C30H34Cl2F4N4O4S. The van der Waals surface area contributed by atoms with E-state index in [1.165, 1.54) is 12.1 Å². The molecule has 0 unspecified atom stereocenters. The Hall–Kier alpha value is -2.45. The number of benzene rings is 2. The third-order valence-corrected chi connectivity index (χ3v) is 10.7.